The summed E-state index contributed by atoms with van der Waals surface area (Å²) in [5.74, 6) is 2.12. The first-order chi connectivity index (χ1) is 5.20. The van der Waals surface area contributed by atoms with E-state index in [1.807, 2.05) is 0 Å². The fourth-order valence-electron chi connectivity index (χ4n) is 2.68. The van der Waals surface area contributed by atoms with Gasteiger partial charge in [-0.2, -0.15) is 0 Å². The lowest BCUT2D eigenvalue weighted by Gasteiger charge is -2.38. The molecule has 0 aromatic heterocycles. The molecule has 0 N–H and O–H groups in total. The molecule has 2 saturated carbocycles. The van der Waals surface area contributed by atoms with Crippen molar-refractivity contribution in [3.05, 3.63) is 6.42 Å². The number of hydrogen-bond acceptors (Lipinski definition) is 0. The molecule has 1 atom stereocenters. The van der Waals surface area contributed by atoms with Crippen molar-refractivity contribution in [2.75, 3.05) is 0 Å². The van der Waals surface area contributed by atoms with E-state index in [1.165, 1.54) is 32.1 Å². The molecule has 0 spiro atoms. The lowest BCUT2D eigenvalue weighted by atomic mass is 9.67. The zero-order valence-electron chi connectivity index (χ0n) is 7.77. The molecule has 11 heavy (non-hydrogen) atoms. The molecule has 2 rings (SSSR count). The summed E-state index contributed by atoms with van der Waals surface area (Å²) in [4.78, 5) is 0. The third-order valence-corrected chi connectivity index (χ3v) is 3.54. The van der Waals surface area contributed by atoms with Crippen LogP contribution in [0.2, 0.25) is 0 Å². The van der Waals surface area contributed by atoms with Crippen LogP contribution >= 0.6 is 0 Å². The highest BCUT2D eigenvalue weighted by atomic mass is 14.5. The maximum atomic E-state index is 2.56. The Morgan fingerprint density at radius 1 is 1.18 bits per heavy atom. The molecule has 1 unspecified atom stereocenters. The predicted molar refractivity (Wildman–Crippen MR) is 48.1 cm³/mol. The molecule has 0 aliphatic heterocycles. The molecule has 2 fully saturated rings. The van der Waals surface area contributed by atoms with E-state index >= 15 is 0 Å². The Labute approximate surface area is 70.4 Å². The average molecular weight is 151 g/mol. The third kappa shape index (κ3) is 1.45. The molecule has 1 radical (unpaired) electrons. The zero-order chi connectivity index (χ0) is 7.90. The molecule has 0 aromatic carbocycles. The van der Waals surface area contributed by atoms with Gasteiger partial charge in [-0.3, -0.25) is 0 Å². The van der Waals surface area contributed by atoms with Crippen LogP contribution in [0.25, 0.3) is 0 Å². The van der Waals surface area contributed by atoms with Gasteiger partial charge in [-0.05, 0) is 49.4 Å². The molecule has 0 aromatic rings. The van der Waals surface area contributed by atoms with Gasteiger partial charge in [-0.15, -0.1) is 0 Å². The minimum absolute atomic E-state index is 0.555. The SMILES string of the molecule is CC1(C)[CH]CCCC1C1CC1. The van der Waals surface area contributed by atoms with E-state index < -0.39 is 0 Å². The topological polar surface area (TPSA) is 0 Å². The van der Waals surface area contributed by atoms with Gasteiger partial charge in [0.05, 0.1) is 0 Å². The first-order valence-electron chi connectivity index (χ1n) is 5.04. The second kappa shape index (κ2) is 2.50. The van der Waals surface area contributed by atoms with E-state index in [0.29, 0.717) is 5.41 Å². The number of rotatable bonds is 1. The van der Waals surface area contributed by atoms with Crippen molar-refractivity contribution in [3.8, 4) is 0 Å². The Balaban J connectivity index is 2.02. The molecule has 0 nitrogen and oxygen atoms in total. The molecular weight excluding hydrogens is 132 g/mol. The largest absolute Gasteiger partial charge is 0.0594 e. The Morgan fingerprint density at radius 2 is 1.91 bits per heavy atom. The van der Waals surface area contributed by atoms with Crippen LogP contribution in [0, 0.1) is 23.7 Å². The molecule has 0 bridgehead atoms. The molecule has 63 valence electrons. The molecule has 0 heteroatoms. The molecule has 0 saturated heterocycles. The molecule has 0 amide bonds. The summed E-state index contributed by atoms with van der Waals surface area (Å²) >= 11 is 0. The van der Waals surface area contributed by atoms with Crippen molar-refractivity contribution in [2.45, 2.75) is 46.0 Å². The van der Waals surface area contributed by atoms with Crippen molar-refractivity contribution in [3.63, 3.8) is 0 Å². The van der Waals surface area contributed by atoms with E-state index in [0.717, 1.165) is 11.8 Å². The van der Waals surface area contributed by atoms with Gasteiger partial charge in [0.1, 0.15) is 0 Å². The van der Waals surface area contributed by atoms with Crippen LogP contribution in [0.15, 0.2) is 0 Å². The smallest absolute Gasteiger partial charge is 0.0292 e. The summed E-state index contributed by atoms with van der Waals surface area (Å²) in [6.45, 7) is 4.85. The standard InChI is InChI=1S/C11H19/c1-11(2)8-4-3-5-10(11)9-6-7-9/h8-10H,3-7H2,1-2H3. The van der Waals surface area contributed by atoms with Gasteiger partial charge in [-0.25, -0.2) is 0 Å². The van der Waals surface area contributed by atoms with Crippen LogP contribution in [0.4, 0.5) is 0 Å². The first kappa shape index (κ1) is 7.64. The van der Waals surface area contributed by atoms with Crippen molar-refractivity contribution in [1.29, 1.82) is 0 Å². The Bertz CT molecular complexity index is 142. The van der Waals surface area contributed by atoms with Crippen molar-refractivity contribution >= 4 is 0 Å². The second-order valence-corrected chi connectivity index (χ2v) is 4.90. The van der Waals surface area contributed by atoms with Gasteiger partial charge < -0.3 is 0 Å². The maximum Gasteiger partial charge on any atom is -0.0292 e. The highest BCUT2D eigenvalue weighted by Gasteiger charge is 2.41. The van der Waals surface area contributed by atoms with Gasteiger partial charge in [0.15, 0.2) is 0 Å². The lowest BCUT2D eigenvalue weighted by molar-refractivity contribution is 0.174. The van der Waals surface area contributed by atoms with E-state index in [1.54, 1.807) is 0 Å². The quantitative estimate of drug-likeness (QED) is 0.538. The lowest BCUT2D eigenvalue weighted by Crippen LogP contribution is -2.29. The molecular formula is C11H19. The monoisotopic (exact) mass is 151 g/mol. The summed E-state index contributed by atoms with van der Waals surface area (Å²) in [6, 6.07) is 0. The van der Waals surface area contributed by atoms with E-state index in [-0.39, 0.29) is 0 Å². The Kier molecular flexibility index (Phi) is 1.74. The highest BCUT2D eigenvalue weighted by molar-refractivity contribution is 5.00. The molecule has 2 aliphatic carbocycles. The Morgan fingerprint density at radius 3 is 2.45 bits per heavy atom. The zero-order valence-corrected chi connectivity index (χ0v) is 7.77. The fourth-order valence-corrected chi connectivity index (χ4v) is 2.68. The van der Waals surface area contributed by atoms with Gasteiger partial charge in [-0.1, -0.05) is 20.3 Å². The summed E-state index contributed by atoms with van der Waals surface area (Å²) in [7, 11) is 0. The van der Waals surface area contributed by atoms with Crippen molar-refractivity contribution in [2.24, 2.45) is 17.3 Å². The molecule has 2 aliphatic rings. The van der Waals surface area contributed by atoms with Crippen LogP contribution in [0.3, 0.4) is 0 Å². The van der Waals surface area contributed by atoms with Crippen LogP contribution in [0.5, 0.6) is 0 Å². The fraction of sp³-hybridized carbons (Fsp3) is 0.909. The van der Waals surface area contributed by atoms with Crippen LogP contribution in [-0.2, 0) is 0 Å². The van der Waals surface area contributed by atoms with Crippen molar-refractivity contribution in [1.82, 2.24) is 0 Å². The minimum atomic E-state index is 0.555. The highest BCUT2D eigenvalue weighted by Crippen LogP contribution is 2.51. The van der Waals surface area contributed by atoms with Gasteiger partial charge in [0.25, 0.3) is 0 Å². The van der Waals surface area contributed by atoms with Gasteiger partial charge in [0, 0.05) is 0 Å². The summed E-state index contributed by atoms with van der Waals surface area (Å²) in [5.41, 5.74) is 0.555. The average Bonchev–Trinajstić information content (AvgIpc) is 2.69. The minimum Gasteiger partial charge on any atom is -0.0594 e. The van der Waals surface area contributed by atoms with Gasteiger partial charge >= 0.3 is 0 Å². The molecule has 0 heterocycles. The summed E-state index contributed by atoms with van der Waals surface area (Å²) < 4.78 is 0. The van der Waals surface area contributed by atoms with E-state index in [4.69, 9.17) is 0 Å². The number of hydrogen-bond donors (Lipinski definition) is 0. The normalized spacial score (nSPS) is 37.1. The van der Waals surface area contributed by atoms with Crippen LogP contribution in [-0.4, -0.2) is 0 Å². The third-order valence-electron chi connectivity index (χ3n) is 3.54. The van der Waals surface area contributed by atoms with E-state index in [9.17, 15) is 0 Å². The van der Waals surface area contributed by atoms with E-state index in [2.05, 4.69) is 20.3 Å². The van der Waals surface area contributed by atoms with Gasteiger partial charge in [0.2, 0.25) is 0 Å². The van der Waals surface area contributed by atoms with Crippen LogP contribution in [0.1, 0.15) is 46.0 Å². The van der Waals surface area contributed by atoms with Crippen LogP contribution < -0.4 is 0 Å². The summed E-state index contributed by atoms with van der Waals surface area (Å²) in [6.07, 6.45) is 9.89. The first-order valence-corrected chi connectivity index (χ1v) is 5.04. The summed E-state index contributed by atoms with van der Waals surface area (Å²) in [5, 5.41) is 0. The predicted octanol–water partition coefficient (Wildman–Crippen LogP) is 3.43. The Hall–Kier alpha value is 0. The second-order valence-electron chi connectivity index (χ2n) is 4.90. The van der Waals surface area contributed by atoms with Crippen molar-refractivity contribution < 1.29 is 0 Å². The maximum absolute atomic E-state index is 2.56.